The molecule has 0 heterocycles. The molecule has 0 saturated heterocycles. The summed E-state index contributed by atoms with van der Waals surface area (Å²) in [6, 6.07) is 0. The monoisotopic (exact) mass is 241 g/mol. The van der Waals surface area contributed by atoms with Gasteiger partial charge in [0.25, 0.3) is 0 Å². The first-order chi connectivity index (χ1) is 7.50. The SMILES string of the molecule is CN(CC1CC2CCC1C2)CC(C)(C)CS. The Hall–Kier alpha value is 0.310. The Labute approximate surface area is 106 Å². The highest BCUT2D eigenvalue weighted by atomic mass is 32.1. The van der Waals surface area contributed by atoms with Crippen molar-refractivity contribution in [2.24, 2.45) is 23.2 Å². The van der Waals surface area contributed by atoms with Gasteiger partial charge in [0.2, 0.25) is 0 Å². The summed E-state index contributed by atoms with van der Waals surface area (Å²) in [4.78, 5) is 2.54. The Balaban J connectivity index is 1.77. The van der Waals surface area contributed by atoms with Gasteiger partial charge in [-0.1, -0.05) is 20.3 Å². The molecule has 3 atom stereocenters. The van der Waals surface area contributed by atoms with Crippen molar-refractivity contribution in [1.29, 1.82) is 0 Å². The smallest absolute Gasteiger partial charge is 0.00376 e. The molecule has 2 bridgehead atoms. The first-order valence-electron chi connectivity index (χ1n) is 6.79. The van der Waals surface area contributed by atoms with Gasteiger partial charge < -0.3 is 4.90 Å². The maximum atomic E-state index is 4.44. The van der Waals surface area contributed by atoms with Crippen molar-refractivity contribution in [1.82, 2.24) is 4.90 Å². The minimum absolute atomic E-state index is 0.357. The van der Waals surface area contributed by atoms with Crippen LogP contribution < -0.4 is 0 Å². The van der Waals surface area contributed by atoms with Gasteiger partial charge in [-0.25, -0.2) is 0 Å². The Morgan fingerprint density at radius 1 is 1.25 bits per heavy atom. The molecular formula is C14H27NS. The van der Waals surface area contributed by atoms with Crippen LogP contribution in [0.15, 0.2) is 0 Å². The molecule has 2 fully saturated rings. The molecular weight excluding hydrogens is 214 g/mol. The summed E-state index contributed by atoms with van der Waals surface area (Å²) in [6.07, 6.45) is 6.08. The highest BCUT2D eigenvalue weighted by molar-refractivity contribution is 7.80. The molecule has 0 amide bonds. The van der Waals surface area contributed by atoms with Gasteiger partial charge in [-0.15, -0.1) is 0 Å². The van der Waals surface area contributed by atoms with Gasteiger partial charge in [0.15, 0.2) is 0 Å². The van der Waals surface area contributed by atoms with E-state index >= 15 is 0 Å². The second-order valence-corrected chi connectivity index (χ2v) is 7.27. The van der Waals surface area contributed by atoms with Crippen LogP contribution in [0.2, 0.25) is 0 Å². The van der Waals surface area contributed by atoms with Gasteiger partial charge in [0.05, 0.1) is 0 Å². The van der Waals surface area contributed by atoms with Gasteiger partial charge in [0, 0.05) is 13.1 Å². The molecule has 1 nitrogen and oxygen atoms in total. The van der Waals surface area contributed by atoms with E-state index < -0.39 is 0 Å². The van der Waals surface area contributed by atoms with Gasteiger partial charge in [-0.05, 0) is 55.2 Å². The zero-order chi connectivity index (χ0) is 11.8. The summed E-state index contributed by atoms with van der Waals surface area (Å²) in [5.41, 5.74) is 0.357. The standard InChI is InChI=1S/C14H27NS/c1-14(2,10-16)9-15(3)8-13-7-11-4-5-12(13)6-11/h11-13,16H,4-10H2,1-3H3. The van der Waals surface area contributed by atoms with E-state index in [2.05, 4.69) is 38.4 Å². The van der Waals surface area contributed by atoms with Gasteiger partial charge in [-0.3, -0.25) is 0 Å². The van der Waals surface area contributed by atoms with E-state index in [4.69, 9.17) is 0 Å². The molecule has 0 aromatic rings. The molecule has 0 spiro atoms. The first kappa shape index (κ1) is 12.8. The molecule has 0 N–H and O–H groups in total. The van der Waals surface area contributed by atoms with Crippen molar-refractivity contribution < 1.29 is 0 Å². The topological polar surface area (TPSA) is 3.24 Å². The Kier molecular flexibility index (Phi) is 3.90. The van der Waals surface area contributed by atoms with Gasteiger partial charge in [-0.2, -0.15) is 12.6 Å². The number of rotatable bonds is 5. The fourth-order valence-electron chi connectivity index (χ4n) is 3.85. The zero-order valence-electron chi connectivity index (χ0n) is 11.1. The van der Waals surface area contributed by atoms with E-state index in [1.165, 1.54) is 38.8 Å². The molecule has 2 saturated carbocycles. The van der Waals surface area contributed by atoms with Crippen molar-refractivity contribution in [3.05, 3.63) is 0 Å². The van der Waals surface area contributed by atoms with E-state index in [0.717, 1.165) is 23.5 Å². The lowest BCUT2D eigenvalue weighted by Gasteiger charge is -2.32. The van der Waals surface area contributed by atoms with E-state index in [9.17, 15) is 0 Å². The molecule has 0 aromatic heterocycles. The van der Waals surface area contributed by atoms with Crippen LogP contribution in [0.4, 0.5) is 0 Å². The summed E-state index contributed by atoms with van der Waals surface area (Å²) in [5, 5.41) is 0. The normalized spacial score (nSPS) is 33.9. The highest BCUT2D eigenvalue weighted by Crippen LogP contribution is 2.48. The van der Waals surface area contributed by atoms with E-state index in [0.29, 0.717) is 5.41 Å². The van der Waals surface area contributed by atoms with Crippen LogP contribution in [-0.4, -0.2) is 30.8 Å². The van der Waals surface area contributed by atoms with Crippen LogP contribution in [0, 0.1) is 23.2 Å². The zero-order valence-corrected chi connectivity index (χ0v) is 12.0. The predicted octanol–water partition coefficient (Wildman–Crippen LogP) is 3.31. The van der Waals surface area contributed by atoms with Gasteiger partial charge >= 0.3 is 0 Å². The second-order valence-electron chi connectivity index (χ2n) is 6.95. The maximum Gasteiger partial charge on any atom is 0.00376 e. The Bertz CT molecular complexity index is 239. The van der Waals surface area contributed by atoms with Crippen molar-refractivity contribution in [3.8, 4) is 0 Å². The quantitative estimate of drug-likeness (QED) is 0.723. The van der Waals surface area contributed by atoms with Crippen molar-refractivity contribution in [2.75, 3.05) is 25.9 Å². The van der Waals surface area contributed by atoms with Gasteiger partial charge in [0.1, 0.15) is 0 Å². The summed E-state index contributed by atoms with van der Waals surface area (Å²) in [6.45, 7) is 7.14. The third-order valence-electron chi connectivity index (χ3n) is 4.56. The molecule has 2 rings (SSSR count). The van der Waals surface area contributed by atoms with Crippen molar-refractivity contribution in [2.45, 2.75) is 39.5 Å². The Morgan fingerprint density at radius 3 is 2.50 bits per heavy atom. The summed E-state index contributed by atoms with van der Waals surface area (Å²) < 4.78 is 0. The number of hydrogen-bond donors (Lipinski definition) is 1. The van der Waals surface area contributed by atoms with Crippen LogP contribution in [-0.2, 0) is 0 Å². The molecule has 94 valence electrons. The van der Waals surface area contributed by atoms with Crippen molar-refractivity contribution >= 4 is 12.6 Å². The van der Waals surface area contributed by atoms with Crippen LogP contribution in [0.3, 0.4) is 0 Å². The number of hydrogen-bond acceptors (Lipinski definition) is 2. The average molecular weight is 241 g/mol. The molecule has 2 aliphatic carbocycles. The average Bonchev–Trinajstić information content (AvgIpc) is 2.78. The second kappa shape index (κ2) is 4.89. The lowest BCUT2D eigenvalue weighted by atomic mass is 9.88. The third kappa shape index (κ3) is 2.95. The molecule has 2 aliphatic rings. The van der Waals surface area contributed by atoms with E-state index in [1.54, 1.807) is 0 Å². The van der Waals surface area contributed by atoms with Crippen LogP contribution >= 0.6 is 12.6 Å². The molecule has 0 aliphatic heterocycles. The first-order valence-corrected chi connectivity index (χ1v) is 7.43. The highest BCUT2D eigenvalue weighted by Gasteiger charge is 2.39. The largest absolute Gasteiger partial charge is 0.306 e. The predicted molar refractivity (Wildman–Crippen MR) is 74.1 cm³/mol. The van der Waals surface area contributed by atoms with Crippen LogP contribution in [0.25, 0.3) is 0 Å². The summed E-state index contributed by atoms with van der Waals surface area (Å²) >= 11 is 4.44. The fraction of sp³-hybridized carbons (Fsp3) is 1.00. The summed E-state index contributed by atoms with van der Waals surface area (Å²) in [5.74, 6) is 4.13. The Morgan fingerprint density at radius 2 is 2.00 bits per heavy atom. The summed E-state index contributed by atoms with van der Waals surface area (Å²) in [7, 11) is 2.29. The molecule has 0 aromatic carbocycles. The van der Waals surface area contributed by atoms with Crippen molar-refractivity contribution in [3.63, 3.8) is 0 Å². The molecule has 0 radical (unpaired) electrons. The van der Waals surface area contributed by atoms with Crippen LogP contribution in [0.1, 0.15) is 39.5 Å². The van der Waals surface area contributed by atoms with Crippen LogP contribution in [0.5, 0.6) is 0 Å². The lowest BCUT2D eigenvalue weighted by molar-refractivity contribution is 0.174. The van der Waals surface area contributed by atoms with E-state index in [1.807, 2.05) is 0 Å². The number of thiol groups is 1. The molecule has 2 heteroatoms. The third-order valence-corrected chi connectivity index (χ3v) is 5.41. The number of nitrogens with zero attached hydrogens (tertiary/aromatic N) is 1. The molecule has 3 unspecified atom stereocenters. The number of fused-ring (bicyclic) bond motifs is 2. The lowest BCUT2D eigenvalue weighted by Crippen LogP contribution is -2.36. The minimum atomic E-state index is 0.357. The van der Waals surface area contributed by atoms with E-state index in [-0.39, 0.29) is 0 Å². The molecule has 16 heavy (non-hydrogen) atoms. The maximum absolute atomic E-state index is 4.44. The fourth-order valence-corrected chi connectivity index (χ4v) is 3.95. The minimum Gasteiger partial charge on any atom is -0.306 e.